The van der Waals surface area contributed by atoms with Gasteiger partial charge in [-0.25, -0.2) is 9.97 Å². The molecule has 5 nitrogen and oxygen atoms in total. The first-order chi connectivity index (χ1) is 11.6. The van der Waals surface area contributed by atoms with Gasteiger partial charge in [0.15, 0.2) is 11.6 Å². The van der Waals surface area contributed by atoms with Gasteiger partial charge in [-0.15, -0.1) is 11.3 Å². The average molecular weight is 336 g/mol. The van der Waals surface area contributed by atoms with E-state index in [1.165, 1.54) is 16.9 Å². The summed E-state index contributed by atoms with van der Waals surface area (Å²) in [6.45, 7) is 4.13. The lowest BCUT2D eigenvalue weighted by Gasteiger charge is -2.07. The Kier molecular flexibility index (Phi) is 3.35. The number of hydrogen-bond donors (Lipinski definition) is 1. The number of thiophene rings is 1. The van der Waals surface area contributed by atoms with E-state index < -0.39 is 0 Å². The van der Waals surface area contributed by atoms with Crippen LogP contribution in [-0.4, -0.2) is 24.6 Å². The van der Waals surface area contributed by atoms with Gasteiger partial charge in [-0.3, -0.25) is 0 Å². The zero-order valence-electron chi connectivity index (χ0n) is 13.6. The van der Waals surface area contributed by atoms with Crippen molar-refractivity contribution in [2.75, 3.05) is 0 Å². The first kappa shape index (κ1) is 14.8. The topological polar surface area (TPSA) is 63.8 Å². The van der Waals surface area contributed by atoms with E-state index in [9.17, 15) is 5.11 Å². The molecule has 0 bridgehead atoms. The van der Waals surface area contributed by atoms with E-state index in [0.29, 0.717) is 16.3 Å². The number of hydrogen-bond acceptors (Lipinski definition) is 5. The Morgan fingerprint density at radius 2 is 1.92 bits per heavy atom. The molecule has 3 aromatic heterocycles. The zero-order chi connectivity index (χ0) is 16.8. The van der Waals surface area contributed by atoms with Crippen LogP contribution in [0.15, 0.2) is 36.7 Å². The van der Waals surface area contributed by atoms with Gasteiger partial charge in [-0.1, -0.05) is 24.3 Å². The molecule has 0 amide bonds. The minimum atomic E-state index is 0.00549. The number of aryl methyl sites for hydroxylation is 3. The third-order valence-electron chi connectivity index (χ3n) is 4.13. The van der Waals surface area contributed by atoms with E-state index in [0.717, 1.165) is 21.5 Å². The van der Waals surface area contributed by atoms with Gasteiger partial charge in [0.2, 0.25) is 5.88 Å². The average Bonchev–Trinajstić information content (AvgIpc) is 3.11. The summed E-state index contributed by atoms with van der Waals surface area (Å²) in [5, 5.41) is 10.4. The second-order valence-electron chi connectivity index (χ2n) is 5.76. The lowest BCUT2D eigenvalue weighted by Crippen LogP contribution is -1.97. The maximum Gasteiger partial charge on any atom is 0.233 e. The summed E-state index contributed by atoms with van der Waals surface area (Å²) >= 11 is 1.52. The summed E-state index contributed by atoms with van der Waals surface area (Å²) < 4.78 is 2.55. The van der Waals surface area contributed by atoms with Gasteiger partial charge in [0.05, 0.1) is 5.52 Å². The van der Waals surface area contributed by atoms with Gasteiger partial charge in [-0.05, 0) is 25.0 Å². The molecule has 3 heterocycles. The standard InChI is InChI=1S/C18H16N4OS/c1-10-6-4-5-7-12(10)13-11(2)24-15-14(13)20-16(21-18(15)23)17-19-8-9-22(17)3/h4-9H,1-3H3,(H,20,21,23). The Morgan fingerprint density at radius 3 is 2.62 bits per heavy atom. The molecule has 0 saturated carbocycles. The van der Waals surface area contributed by atoms with Crippen LogP contribution in [-0.2, 0) is 7.05 Å². The highest BCUT2D eigenvalue weighted by Crippen LogP contribution is 2.42. The summed E-state index contributed by atoms with van der Waals surface area (Å²) in [5.74, 6) is 1.07. The number of benzene rings is 1. The Hall–Kier alpha value is -2.73. The van der Waals surface area contributed by atoms with Gasteiger partial charge in [0, 0.05) is 29.9 Å². The molecule has 6 heteroatoms. The molecular weight excluding hydrogens is 320 g/mol. The van der Waals surface area contributed by atoms with E-state index in [1.807, 2.05) is 36.9 Å². The van der Waals surface area contributed by atoms with Crippen LogP contribution in [0.25, 0.3) is 33.0 Å². The molecule has 24 heavy (non-hydrogen) atoms. The van der Waals surface area contributed by atoms with Gasteiger partial charge in [-0.2, -0.15) is 4.98 Å². The molecule has 0 aliphatic heterocycles. The van der Waals surface area contributed by atoms with Crippen LogP contribution in [0.1, 0.15) is 10.4 Å². The van der Waals surface area contributed by atoms with Crippen LogP contribution in [0.2, 0.25) is 0 Å². The van der Waals surface area contributed by atoms with Gasteiger partial charge in [0.25, 0.3) is 0 Å². The molecule has 0 spiro atoms. The summed E-state index contributed by atoms with van der Waals surface area (Å²) in [4.78, 5) is 14.4. The molecule has 0 fully saturated rings. The molecule has 0 saturated heterocycles. The number of imidazole rings is 1. The second kappa shape index (κ2) is 5.42. The lowest BCUT2D eigenvalue weighted by molar-refractivity contribution is 0.461. The van der Waals surface area contributed by atoms with E-state index in [4.69, 9.17) is 4.98 Å². The molecule has 0 atom stereocenters. The second-order valence-corrected chi connectivity index (χ2v) is 6.98. The quantitative estimate of drug-likeness (QED) is 0.599. The Balaban J connectivity index is 2.05. The SMILES string of the molecule is Cc1ccccc1-c1c(C)sc2c(O)nc(-c3nccn3C)nc12. The maximum atomic E-state index is 10.4. The summed E-state index contributed by atoms with van der Waals surface area (Å²) in [6.07, 6.45) is 3.53. The van der Waals surface area contributed by atoms with Crippen molar-refractivity contribution in [1.82, 2.24) is 19.5 Å². The number of nitrogens with zero attached hydrogens (tertiary/aromatic N) is 4. The maximum absolute atomic E-state index is 10.4. The molecule has 0 aliphatic carbocycles. The van der Waals surface area contributed by atoms with Gasteiger partial charge < -0.3 is 9.67 Å². The van der Waals surface area contributed by atoms with Crippen LogP contribution in [0.5, 0.6) is 5.88 Å². The number of rotatable bonds is 2. The predicted molar refractivity (Wildman–Crippen MR) is 96.2 cm³/mol. The van der Waals surface area contributed by atoms with Crippen molar-refractivity contribution in [1.29, 1.82) is 0 Å². The van der Waals surface area contributed by atoms with Crippen molar-refractivity contribution in [3.8, 4) is 28.7 Å². The van der Waals surface area contributed by atoms with Crippen LogP contribution < -0.4 is 0 Å². The monoisotopic (exact) mass is 336 g/mol. The first-order valence-corrected chi connectivity index (χ1v) is 8.41. The Bertz CT molecular complexity index is 1060. The van der Waals surface area contributed by atoms with Gasteiger partial charge >= 0.3 is 0 Å². The first-order valence-electron chi connectivity index (χ1n) is 7.60. The van der Waals surface area contributed by atoms with Crippen molar-refractivity contribution in [2.45, 2.75) is 13.8 Å². The molecule has 0 aliphatic rings. The summed E-state index contributed by atoms with van der Waals surface area (Å²) in [6, 6.07) is 8.21. The van der Waals surface area contributed by atoms with E-state index in [1.54, 1.807) is 6.20 Å². The summed E-state index contributed by atoms with van der Waals surface area (Å²) in [5.41, 5.74) is 4.14. The smallest absolute Gasteiger partial charge is 0.233 e. The highest BCUT2D eigenvalue weighted by molar-refractivity contribution is 7.20. The third kappa shape index (κ3) is 2.18. The largest absolute Gasteiger partial charge is 0.492 e. The van der Waals surface area contributed by atoms with E-state index in [2.05, 4.69) is 29.0 Å². The van der Waals surface area contributed by atoms with Crippen LogP contribution in [0.4, 0.5) is 0 Å². The zero-order valence-corrected chi connectivity index (χ0v) is 14.4. The minimum Gasteiger partial charge on any atom is -0.492 e. The molecule has 1 N–H and O–H groups in total. The Labute approximate surface area is 143 Å². The van der Waals surface area contributed by atoms with Crippen molar-refractivity contribution in [3.05, 3.63) is 47.1 Å². The van der Waals surface area contributed by atoms with Gasteiger partial charge in [0.1, 0.15) is 4.70 Å². The minimum absolute atomic E-state index is 0.00549. The summed E-state index contributed by atoms with van der Waals surface area (Å²) in [7, 11) is 1.88. The normalized spacial score (nSPS) is 11.3. The molecule has 0 unspecified atom stereocenters. The molecule has 1 aromatic carbocycles. The van der Waals surface area contributed by atoms with Crippen LogP contribution >= 0.6 is 11.3 Å². The third-order valence-corrected chi connectivity index (χ3v) is 5.22. The fraction of sp³-hybridized carbons (Fsp3) is 0.167. The van der Waals surface area contributed by atoms with Crippen molar-refractivity contribution >= 4 is 21.6 Å². The van der Waals surface area contributed by atoms with Crippen molar-refractivity contribution < 1.29 is 5.11 Å². The van der Waals surface area contributed by atoms with Crippen LogP contribution in [0, 0.1) is 13.8 Å². The molecule has 4 aromatic rings. The fourth-order valence-electron chi connectivity index (χ4n) is 2.92. The number of fused-ring (bicyclic) bond motifs is 1. The molecular formula is C18H16N4OS. The lowest BCUT2D eigenvalue weighted by atomic mass is 10.0. The van der Waals surface area contributed by atoms with E-state index >= 15 is 0 Å². The molecule has 120 valence electrons. The predicted octanol–water partition coefficient (Wildman–Crippen LogP) is 4.08. The number of aromatic nitrogens is 4. The highest BCUT2D eigenvalue weighted by atomic mass is 32.1. The highest BCUT2D eigenvalue weighted by Gasteiger charge is 2.20. The van der Waals surface area contributed by atoms with Crippen molar-refractivity contribution in [3.63, 3.8) is 0 Å². The molecule has 4 rings (SSSR count). The fourth-order valence-corrected chi connectivity index (χ4v) is 3.92. The number of aromatic hydroxyl groups is 1. The molecule has 0 radical (unpaired) electrons. The van der Waals surface area contributed by atoms with E-state index in [-0.39, 0.29) is 5.88 Å². The van der Waals surface area contributed by atoms with Crippen molar-refractivity contribution in [2.24, 2.45) is 7.05 Å². The Morgan fingerprint density at radius 1 is 1.12 bits per heavy atom. The van der Waals surface area contributed by atoms with Crippen LogP contribution in [0.3, 0.4) is 0 Å².